The van der Waals surface area contributed by atoms with E-state index in [1.54, 1.807) is 24.3 Å². The molecule has 2 aromatic rings. The van der Waals surface area contributed by atoms with Crippen LogP contribution in [0, 0.1) is 20.8 Å². The van der Waals surface area contributed by atoms with Gasteiger partial charge in [-0.25, -0.2) is 0 Å². The smallest absolute Gasteiger partial charge is 1.00 e. The zero-order chi connectivity index (χ0) is 14.0. The number of carbonyl (C=O) groups excluding carboxylic acids is 1. The van der Waals surface area contributed by atoms with E-state index < -0.39 is 0 Å². The van der Waals surface area contributed by atoms with E-state index in [0.717, 1.165) is 16.7 Å². The Balaban J connectivity index is 0.00000200. The third kappa shape index (κ3) is 3.73. The molecule has 0 fully saturated rings. The number of hydrogen-bond donors (Lipinski definition) is 0. The van der Waals surface area contributed by atoms with Gasteiger partial charge >= 0.3 is 51.4 Å². The van der Waals surface area contributed by atoms with Crippen molar-refractivity contribution in [3.05, 3.63) is 64.2 Å². The van der Waals surface area contributed by atoms with Gasteiger partial charge < -0.3 is 1.43 Å². The molecule has 4 heteroatoms. The molecule has 0 radical (unpaired) electrons. The van der Waals surface area contributed by atoms with Crippen LogP contribution in [0.4, 0.5) is 0 Å². The summed E-state index contributed by atoms with van der Waals surface area (Å²) in [5.41, 5.74) is 4.28. The molecule has 0 unspecified atom stereocenters. The van der Waals surface area contributed by atoms with Gasteiger partial charge in [0.1, 0.15) is 0 Å². The summed E-state index contributed by atoms with van der Waals surface area (Å²) in [6, 6.07) is 11.0. The van der Waals surface area contributed by atoms with Crippen molar-refractivity contribution in [3.8, 4) is 0 Å². The number of aryl methyl sites for hydroxylation is 3. The van der Waals surface area contributed by atoms with E-state index in [0.29, 0.717) is 16.4 Å². The summed E-state index contributed by atoms with van der Waals surface area (Å²) in [5, 5.41) is 0.534. The average molecular weight is 310 g/mol. The fourth-order valence-corrected chi connectivity index (χ4v) is 2.84. The summed E-state index contributed by atoms with van der Waals surface area (Å²) in [6.07, 6.45) is 0. The molecule has 0 N–H and O–H groups in total. The second-order valence-corrected chi connectivity index (χ2v) is 5.38. The van der Waals surface area contributed by atoms with Gasteiger partial charge in [0.15, 0.2) is 14.2 Å². The fraction of sp³-hybridized carbons (Fsp3) is 0.188. The molecule has 2 rings (SSSR count). The predicted molar refractivity (Wildman–Crippen MR) is 78.9 cm³/mol. The quantitative estimate of drug-likeness (QED) is 0.479. The molecule has 0 atom stereocenters. The Hall–Kier alpha value is -0.154. The average Bonchev–Trinajstić information content (AvgIpc) is 2.37. The molecular weight excluding hydrogens is 294 g/mol. The van der Waals surface area contributed by atoms with E-state index in [4.69, 9.17) is 0 Å². The molecule has 0 aliphatic rings. The molecule has 2 nitrogen and oxygen atoms in total. The topological polar surface area (TPSA) is 34.1 Å². The maximum Gasteiger partial charge on any atom is 1.00 e. The summed E-state index contributed by atoms with van der Waals surface area (Å²) < 4.78 is 11.1. The molecular formula is C16H16KO2P. The summed E-state index contributed by atoms with van der Waals surface area (Å²) >= 11 is 0. The number of carbonyl (C=O) groups is 1. The van der Waals surface area contributed by atoms with Crippen molar-refractivity contribution >= 4 is 19.5 Å². The van der Waals surface area contributed by atoms with Gasteiger partial charge in [0.25, 0.3) is 0 Å². The zero-order valence-electron chi connectivity index (χ0n) is 13.2. The molecule has 0 spiro atoms. The molecule has 98 valence electrons. The standard InChI is InChI=1S/C16H15O2P.K.H/c1-10-8-11(2)15(12(3)9-10)16(17)13-6-4-5-7-14(13)19-18;;/h4-9H,1-3H3;;/q;+1;-1. The van der Waals surface area contributed by atoms with Gasteiger partial charge in [0.05, 0.1) is 5.30 Å². The van der Waals surface area contributed by atoms with Crippen molar-refractivity contribution in [2.75, 3.05) is 0 Å². The zero-order valence-corrected chi connectivity index (χ0v) is 16.2. The van der Waals surface area contributed by atoms with E-state index in [2.05, 4.69) is 0 Å². The molecule has 2 aromatic carbocycles. The molecule has 0 saturated carbocycles. The Kier molecular flexibility index (Phi) is 6.93. The first-order chi connectivity index (χ1) is 9.04. The summed E-state index contributed by atoms with van der Waals surface area (Å²) in [7, 11) is -0.125. The van der Waals surface area contributed by atoms with Crippen molar-refractivity contribution in [2.24, 2.45) is 0 Å². The number of hydrogen-bond acceptors (Lipinski definition) is 2. The molecule has 0 heterocycles. The Morgan fingerprint density at radius 1 is 1.05 bits per heavy atom. The van der Waals surface area contributed by atoms with Crippen molar-refractivity contribution in [1.82, 2.24) is 0 Å². The summed E-state index contributed by atoms with van der Waals surface area (Å²) in [5.74, 6) is -0.0612. The largest absolute Gasteiger partial charge is 1.00 e. The normalized spacial score (nSPS) is 10.2. The van der Waals surface area contributed by atoms with Gasteiger partial charge in [-0.3, -0.25) is 9.36 Å². The molecule has 0 bridgehead atoms. The molecule has 0 saturated heterocycles. The number of rotatable bonds is 3. The molecule has 0 aliphatic carbocycles. The van der Waals surface area contributed by atoms with Crippen LogP contribution in [0.3, 0.4) is 0 Å². The number of ketones is 1. The van der Waals surface area contributed by atoms with E-state index >= 15 is 0 Å². The van der Waals surface area contributed by atoms with E-state index in [-0.39, 0.29) is 67.1 Å². The second kappa shape index (κ2) is 7.74. The van der Waals surface area contributed by atoms with Crippen LogP contribution in [0.2, 0.25) is 0 Å². The summed E-state index contributed by atoms with van der Waals surface area (Å²) in [4.78, 5) is 12.6. The maximum atomic E-state index is 12.6. The first-order valence-electron chi connectivity index (χ1n) is 6.09. The van der Waals surface area contributed by atoms with Gasteiger partial charge in [-0.15, -0.1) is 0 Å². The van der Waals surface area contributed by atoms with Crippen molar-refractivity contribution < 1.29 is 62.2 Å². The van der Waals surface area contributed by atoms with Crippen LogP contribution in [-0.2, 0) is 4.57 Å². The molecule has 20 heavy (non-hydrogen) atoms. The van der Waals surface area contributed by atoms with Crippen LogP contribution >= 0.6 is 8.46 Å². The fourth-order valence-electron chi connectivity index (χ4n) is 2.42. The Labute approximate surface area is 165 Å². The van der Waals surface area contributed by atoms with Crippen LogP contribution in [0.5, 0.6) is 0 Å². The third-order valence-electron chi connectivity index (χ3n) is 3.15. The summed E-state index contributed by atoms with van der Waals surface area (Å²) in [6.45, 7) is 5.88. The van der Waals surface area contributed by atoms with Crippen LogP contribution in [-0.4, -0.2) is 5.78 Å². The van der Waals surface area contributed by atoms with E-state index in [9.17, 15) is 9.36 Å². The van der Waals surface area contributed by atoms with Gasteiger partial charge in [-0.05, 0) is 44.0 Å². The van der Waals surface area contributed by atoms with Crippen molar-refractivity contribution in [2.45, 2.75) is 20.8 Å². The SMILES string of the molecule is Cc1cc(C)c(C(=O)c2ccccc2P=O)c(C)c1.[H-].[K+]. The predicted octanol–water partition coefficient (Wildman–Crippen LogP) is 0.876. The van der Waals surface area contributed by atoms with Gasteiger partial charge in [-0.2, -0.15) is 0 Å². The third-order valence-corrected chi connectivity index (χ3v) is 3.74. The maximum absolute atomic E-state index is 12.6. The Bertz CT molecular complexity index is 648. The van der Waals surface area contributed by atoms with Crippen LogP contribution in [0.25, 0.3) is 0 Å². The monoisotopic (exact) mass is 310 g/mol. The molecule has 0 aliphatic heterocycles. The van der Waals surface area contributed by atoms with E-state index in [1.807, 2.05) is 32.9 Å². The Morgan fingerprint density at radius 3 is 2.15 bits per heavy atom. The molecule has 0 aromatic heterocycles. The van der Waals surface area contributed by atoms with Crippen LogP contribution in [0.1, 0.15) is 34.0 Å². The first kappa shape index (κ1) is 17.9. The van der Waals surface area contributed by atoms with Crippen LogP contribution < -0.4 is 56.7 Å². The van der Waals surface area contributed by atoms with Gasteiger partial charge in [0, 0.05) is 11.1 Å². The minimum absolute atomic E-state index is 0. The first-order valence-corrected chi connectivity index (χ1v) is 6.90. The van der Waals surface area contributed by atoms with E-state index in [1.165, 1.54) is 0 Å². The number of benzene rings is 2. The van der Waals surface area contributed by atoms with Crippen molar-refractivity contribution in [1.29, 1.82) is 0 Å². The van der Waals surface area contributed by atoms with Gasteiger partial charge in [0.2, 0.25) is 0 Å². The Morgan fingerprint density at radius 2 is 1.60 bits per heavy atom. The minimum Gasteiger partial charge on any atom is -1.00 e. The minimum atomic E-state index is -0.125. The molecule has 0 amide bonds. The van der Waals surface area contributed by atoms with Crippen LogP contribution in [0.15, 0.2) is 36.4 Å². The second-order valence-electron chi connectivity index (χ2n) is 4.71. The van der Waals surface area contributed by atoms with Crippen molar-refractivity contribution in [3.63, 3.8) is 0 Å². The van der Waals surface area contributed by atoms with Gasteiger partial charge in [-0.1, -0.05) is 29.8 Å².